The predicted molar refractivity (Wildman–Crippen MR) is 76.4 cm³/mol. The van der Waals surface area contributed by atoms with Gasteiger partial charge in [0.2, 0.25) is 0 Å². The minimum atomic E-state index is -0.852. The highest BCUT2D eigenvalue weighted by Gasteiger charge is 2.23. The Balaban J connectivity index is 1.89. The number of carbonyl (C=O) groups is 2. The van der Waals surface area contributed by atoms with Gasteiger partial charge in [0.1, 0.15) is 5.82 Å². The van der Waals surface area contributed by atoms with E-state index >= 15 is 0 Å². The molecule has 0 bridgehead atoms. The third kappa shape index (κ3) is 4.41. The van der Waals surface area contributed by atoms with Gasteiger partial charge in [-0.2, -0.15) is 0 Å². The molecule has 1 aliphatic carbocycles. The number of hydrogen-bond donors (Lipinski definition) is 3. The number of nitrogens with one attached hydrogen (secondary N) is 2. The van der Waals surface area contributed by atoms with Crippen molar-refractivity contribution in [2.45, 2.75) is 37.8 Å². The largest absolute Gasteiger partial charge is 0.393 e. The standard InChI is InChI=1S/C14H16ClFN2O3/c15-11-7-8(16)1-6-12(11)18-14(21)13(20)17-9-2-4-10(19)5-3-9/h1,6-7,9-10,19H,2-5H2,(H,17,20)(H,18,21). The summed E-state index contributed by atoms with van der Waals surface area (Å²) in [6.07, 6.45) is 2.16. The average Bonchev–Trinajstić information content (AvgIpc) is 2.44. The van der Waals surface area contributed by atoms with Crippen LogP contribution < -0.4 is 10.6 Å². The van der Waals surface area contributed by atoms with E-state index < -0.39 is 17.6 Å². The number of aliphatic hydroxyl groups excluding tert-OH is 1. The highest BCUT2D eigenvalue weighted by Crippen LogP contribution is 2.22. The summed E-state index contributed by atoms with van der Waals surface area (Å²) in [5.74, 6) is -2.14. The second-order valence-corrected chi connectivity index (χ2v) is 5.46. The summed E-state index contributed by atoms with van der Waals surface area (Å²) in [6, 6.07) is 3.37. The molecular weight excluding hydrogens is 299 g/mol. The van der Waals surface area contributed by atoms with Crippen LogP contribution in [0.1, 0.15) is 25.7 Å². The fourth-order valence-corrected chi connectivity index (χ4v) is 2.46. The molecule has 3 N–H and O–H groups in total. The normalized spacial score (nSPS) is 21.7. The summed E-state index contributed by atoms with van der Waals surface area (Å²) >= 11 is 5.77. The minimum absolute atomic E-state index is 0.0249. The van der Waals surface area contributed by atoms with Gasteiger partial charge in [0.05, 0.1) is 16.8 Å². The molecule has 1 aromatic rings. The topological polar surface area (TPSA) is 78.4 Å². The zero-order chi connectivity index (χ0) is 15.4. The molecule has 0 unspecified atom stereocenters. The zero-order valence-electron chi connectivity index (χ0n) is 11.2. The smallest absolute Gasteiger partial charge is 0.313 e. The SMILES string of the molecule is O=C(Nc1ccc(F)cc1Cl)C(=O)NC1CCC(O)CC1. The average molecular weight is 315 g/mol. The molecule has 5 nitrogen and oxygen atoms in total. The van der Waals surface area contributed by atoms with Crippen LogP contribution in [-0.4, -0.2) is 29.1 Å². The van der Waals surface area contributed by atoms with Gasteiger partial charge < -0.3 is 15.7 Å². The summed E-state index contributed by atoms with van der Waals surface area (Å²) in [5.41, 5.74) is 0.178. The molecule has 0 spiro atoms. The lowest BCUT2D eigenvalue weighted by Gasteiger charge is -2.25. The maximum absolute atomic E-state index is 12.9. The predicted octanol–water partition coefficient (Wildman–Crippen LogP) is 1.84. The van der Waals surface area contributed by atoms with Gasteiger partial charge in [-0.1, -0.05) is 11.6 Å². The summed E-state index contributed by atoms with van der Waals surface area (Å²) in [6.45, 7) is 0. The van der Waals surface area contributed by atoms with Crippen molar-refractivity contribution in [3.63, 3.8) is 0 Å². The number of rotatable bonds is 2. The van der Waals surface area contributed by atoms with Crippen LogP contribution in [0.4, 0.5) is 10.1 Å². The van der Waals surface area contributed by atoms with Crippen LogP contribution in [0.15, 0.2) is 18.2 Å². The van der Waals surface area contributed by atoms with Crippen LogP contribution in [0.5, 0.6) is 0 Å². The van der Waals surface area contributed by atoms with Crippen molar-refractivity contribution in [2.24, 2.45) is 0 Å². The molecule has 1 aromatic carbocycles. The van der Waals surface area contributed by atoms with E-state index in [9.17, 15) is 19.1 Å². The second kappa shape index (κ2) is 6.87. The third-order valence-electron chi connectivity index (χ3n) is 3.42. The first-order chi connectivity index (χ1) is 9.95. The van der Waals surface area contributed by atoms with E-state index in [0.717, 1.165) is 12.1 Å². The summed E-state index contributed by atoms with van der Waals surface area (Å²) in [7, 11) is 0. The fraction of sp³-hybridized carbons (Fsp3) is 0.429. The van der Waals surface area contributed by atoms with Crippen LogP contribution in [0.2, 0.25) is 5.02 Å². The number of aliphatic hydroxyl groups is 1. The number of carbonyl (C=O) groups excluding carboxylic acids is 2. The molecule has 1 saturated carbocycles. The zero-order valence-corrected chi connectivity index (χ0v) is 12.0. The highest BCUT2D eigenvalue weighted by molar-refractivity contribution is 6.41. The van der Waals surface area contributed by atoms with E-state index in [2.05, 4.69) is 10.6 Å². The van der Waals surface area contributed by atoms with E-state index in [0.29, 0.717) is 25.7 Å². The van der Waals surface area contributed by atoms with Crippen molar-refractivity contribution >= 4 is 29.1 Å². The highest BCUT2D eigenvalue weighted by atomic mass is 35.5. The van der Waals surface area contributed by atoms with Crippen LogP contribution in [0.3, 0.4) is 0 Å². The number of hydrogen-bond acceptors (Lipinski definition) is 3. The Hall–Kier alpha value is -1.66. The van der Waals surface area contributed by atoms with Crippen molar-refractivity contribution in [1.82, 2.24) is 5.32 Å². The quantitative estimate of drug-likeness (QED) is 0.729. The Bertz CT molecular complexity index is 545. The van der Waals surface area contributed by atoms with Crippen LogP contribution >= 0.6 is 11.6 Å². The third-order valence-corrected chi connectivity index (χ3v) is 3.73. The molecule has 0 atom stereocenters. The van der Waals surface area contributed by atoms with Crippen molar-refractivity contribution in [3.8, 4) is 0 Å². The van der Waals surface area contributed by atoms with Gasteiger partial charge in [0.15, 0.2) is 0 Å². The number of anilines is 1. The summed E-state index contributed by atoms with van der Waals surface area (Å²) in [4.78, 5) is 23.5. The molecule has 0 heterocycles. The van der Waals surface area contributed by atoms with Gasteiger partial charge in [-0.3, -0.25) is 9.59 Å². The molecule has 0 radical (unpaired) electrons. The Morgan fingerprint density at radius 2 is 1.86 bits per heavy atom. The van der Waals surface area contributed by atoms with Crippen LogP contribution in [-0.2, 0) is 9.59 Å². The summed E-state index contributed by atoms with van der Waals surface area (Å²) < 4.78 is 12.9. The van der Waals surface area contributed by atoms with Gasteiger partial charge in [-0.15, -0.1) is 0 Å². The summed E-state index contributed by atoms with van der Waals surface area (Å²) in [5, 5.41) is 14.4. The lowest BCUT2D eigenvalue weighted by molar-refractivity contribution is -0.136. The Kier molecular flexibility index (Phi) is 5.14. The molecule has 2 amide bonds. The van der Waals surface area contributed by atoms with Crippen molar-refractivity contribution in [2.75, 3.05) is 5.32 Å². The molecule has 0 aliphatic heterocycles. The number of halogens is 2. The van der Waals surface area contributed by atoms with Gasteiger partial charge in [0, 0.05) is 6.04 Å². The van der Waals surface area contributed by atoms with E-state index in [4.69, 9.17) is 11.6 Å². The Morgan fingerprint density at radius 3 is 2.48 bits per heavy atom. The van der Waals surface area contributed by atoms with E-state index in [1.165, 1.54) is 6.07 Å². The van der Waals surface area contributed by atoms with Crippen molar-refractivity contribution < 1.29 is 19.1 Å². The van der Waals surface area contributed by atoms with Gasteiger partial charge in [0.25, 0.3) is 0 Å². The van der Waals surface area contributed by atoms with E-state index in [1.807, 2.05) is 0 Å². The molecule has 114 valence electrons. The molecule has 1 aliphatic rings. The van der Waals surface area contributed by atoms with E-state index in [1.54, 1.807) is 0 Å². The van der Waals surface area contributed by atoms with Gasteiger partial charge in [-0.25, -0.2) is 4.39 Å². The maximum atomic E-state index is 12.9. The maximum Gasteiger partial charge on any atom is 0.313 e. The molecule has 21 heavy (non-hydrogen) atoms. The second-order valence-electron chi connectivity index (χ2n) is 5.06. The molecule has 0 aromatic heterocycles. The molecular formula is C14H16ClFN2O3. The van der Waals surface area contributed by atoms with Crippen LogP contribution in [0.25, 0.3) is 0 Å². The monoisotopic (exact) mass is 314 g/mol. The van der Waals surface area contributed by atoms with Gasteiger partial charge >= 0.3 is 11.8 Å². The van der Waals surface area contributed by atoms with Crippen molar-refractivity contribution in [1.29, 1.82) is 0 Å². The number of amides is 2. The first-order valence-electron chi connectivity index (χ1n) is 6.70. The Morgan fingerprint density at radius 1 is 1.19 bits per heavy atom. The van der Waals surface area contributed by atoms with Crippen LogP contribution in [0, 0.1) is 5.82 Å². The molecule has 0 saturated heterocycles. The molecule has 7 heteroatoms. The van der Waals surface area contributed by atoms with Crippen molar-refractivity contribution in [3.05, 3.63) is 29.0 Å². The fourth-order valence-electron chi connectivity index (χ4n) is 2.24. The minimum Gasteiger partial charge on any atom is -0.393 e. The van der Waals surface area contributed by atoms with Gasteiger partial charge in [-0.05, 0) is 43.9 Å². The molecule has 1 fully saturated rings. The first-order valence-corrected chi connectivity index (χ1v) is 7.08. The lowest BCUT2D eigenvalue weighted by atomic mass is 9.93. The molecule has 2 rings (SSSR count). The lowest BCUT2D eigenvalue weighted by Crippen LogP contribution is -2.43. The Labute approximate surface area is 126 Å². The first kappa shape index (κ1) is 15.7. The van der Waals surface area contributed by atoms with E-state index in [-0.39, 0.29) is 22.9 Å². The number of benzene rings is 1.